The molecule has 3 N–H and O–H groups in total. The zero-order valence-electron chi connectivity index (χ0n) is 10.2. The molecule has 1 aliphatic rings. The van der Waals surface area contributed by atoms with Crippen molar-refractivity contribution < 1.29 is 0 Å². The monoisotopic (exact) mass is 247 g/mol. The minimum absolute atomic E-state index is 0.522. The molecule has 0 saturated heterocycles. The molecule has 3 rings (SSSR count). The molecule has 2 aromatic rings. The van der Waals surface area contributed by atoms with E-state index in [9.17, 15) is 0 Å². The maximum absolute atomic E-state index is 5.76. The van der Waals surface area contributed by atoms with Gasteiger partial charge in [-0.25, -0.2) is 4.98 Å². The summed E-state index contributed by atoms with van der Waals surface area (Å²) in [6, 6.07) is 5.86. The molecule has 90 valence electrons. The average Bonchev–Trinajstić information content (AvgIpc) is 2.71. The largest absolute Gasteiger partial charge is 0.399 e. The topological polar surface area (TPSA) is 50.9 Å². The van der Waals surface area contributed by atoms with Gasteiger partial charge >= 0.3 is 0 Å². The van der Waals surface area contributed by atoms with Crippen molar-refractivity contribution in [3.8, 4) is 0 Å². The number of nitrogens with one attached hydrogen (secondary N) is 1. The van der Waals surface area contributed by atoms with E-state index in [1.807, 2.05) is 18.2 Å². The van der Waals surface area contributed by atoms with Crippen LogP contribution in [0.1, 0.15) is 20.3 Å². The Morgan fingerprint density at radius 2 is 2.29 bits per heavy atom. The molecule has 0 spiro atoms. The van der Waals surface area contributed by atoms with E-state index in [1.54, 1.807) is 11.3 Å². The number of nitrogens with two attached hydrogens (primary N) is 1. The van der Waals surface area contributed by atoms with Gasteiger partial charge in [-0.2, -0.15) is 0 Å². The molecule has 1 atom stereocenters. The highest BCUT2D eigenvalue weighted by atomic mass is 32.1. The fraction of sp³-hybridized carbons (Fsp3) is 0.462. The van der Waals surface area contributed by atoms with E-state index in [1.165, 1.54) is 6.42 Å². The molecule has 1 saturated carbocycles. The van der Waals surface area contributed by atoms with Crippen LogP contribution in [0.2, 0.25) is 0 Å². The van der Waals surface area contributed by atoms with Crippen molar-refractivity contribution in [2.24, 2.45) is 11.3 Å². The second-order valence-electron chi connectivity index (χ2n) is 5.52. The lowest BCUT2D eigenvalue weighted by Crippen LogP contribution is -2.06. The van der Waals surface area contributed by atoms with Crippen LogP contribution in [-0.4, -0.2) is 11.5 Å². The summed E-state index contributed by atoms with van der Waals surface area (Å²) in [5.41, 5.74) is 8.11. The number of nitrogen functional groups attached to an aromatic ring is 1. The number of rotatable bonds is 3. The van der Waals surface area contributed by atoms with Crippen LogP contribution in [0.4, 0.5) is 10.8 Å². The smallest absolute Gasteiger partial charge is 0.183 e. The van der Waals surface area contributed by atoms with Gasteiger partial charge in [0, 0.05) is 12.2 Å². The van der Waals surface area contributed by atoms with Gasteiger partial charge in [-0.1, -0.05) is 25.2 Å². The molecule has 4 heteroatoms. The Labute approximate surface area is 105 Å². The van der Waals surface area contributed by atoms with Gasteiger partial charge in [0.15, 0.2) is 5.13 Å². The Morgan fingerprint density at radius 3 is 3.00 bits per heavy atom. The van der Waals surface area contributed by atoms with Crippen LogP contribution in [-0.2, 0) is 0 Å². The van der Waals surface area contributed by atoms with Crippen molar-refractivity contribution in [2.75, 3.05) is 17.6 Å². The van der Waals surface area contributed by atoms with Crippen molar-refractivity contribution >= 4 is 32.4 Å². The SMILES string of the molecule is CC1(C)CC1CNc1nc2ccc(N)cc2s1. The molecule has 3 nitrogen and oxygen atoms in total. The van der Waals surface area contributed by atoms with E-state index in [0.29, 0.717) is 5.41 Å². The summed E-state index contributed by atoms with van der Waals surface area (Å²) in [6.07, 6.45) is 1.32. The van der Waals surface area contributed by atoms with E-state index in [-0.39, 0.29) is 0 Å². The summed E-state index contributed by atoms with van der Waals surface area (Å²) in [7, 11) is 0. The molecular formula is C13H17N3S. The van der Waals surface area contributed by atoms with Crippen molar-refractivity contribution in [1.29, 1.82) is 0 Å². The molecular weight excluding hydrogens is 230 g/mol. The molecule has 0 bridgehead atoms. The number of hydrogen-bond donors (Lipinski definition) is 2. The lowest BCUT2D eigenvalue weighted by Gasteiger charge is -2.03. The number of thiazole rings is 1. The Balaban J connectivity index is 1.73. The summed E-state index contributed by atoms with van der Waals surface area (Å²) < 4.78 is 1.16. The van der Waals surface area contributed by atoms with Gasteiger partial charge in [0.1, 0.15) is 0 Å². The Morgan fingerprint density at radius 1 is 1.53 bits per heavy atom. The standard InChI is InChI=1S/C13H17N3S/c1-13(2)6-8(13)7-15-12-16-10-4-3-9(14)5-11(10)17-12/h3-5,8H,6-7,14H2,1-2H3,(H,15,16). The minimum Gasteiger partial charge on any atom is -0.399 e. The van der Waals surface area contributed by atoms with Crippen LogP contribution in [0.25, 0.3) is 10.2 Å². The third-order valence-electron chi connectivity index (χ3n) is 3.63. The Kier molecular flexibility index (Phi) is 2.30. The number of benzene rings is 1. The fourth-order valence-electron chi connectivity index (χ4n) is 2.15. The molecule has 0 amide bonds. The van der Waals surface area contributed by atoms with E-state index < -0.39 is 0 Å². The van der Waals surface area contributed by atoms with Crippen molar-refractivity contribution in [1.82, 2.24) is 4.98 Å². The first-order chi connectivity index (χ1) is 8.04. The van der Waals surface area contributed by atoms with Crippen LogP contribution in [0, 0.1) is 11.3 Å². The van der Waals surface area contributed by atoms with Gasteiger partial charge < -0.3 is 11.1 Å². The molecule has 1 aromatic carbocycles. The van der Waals surface area contributed by atoms with Crippen LogP contribution in [0.5, 0.6) is 0 Å². The number of anilines is 2. The van der Waals surface area contributed by atoms with Crippen molar-refractivity contribution in [2.45, 2.75) is 20.3 Å². The first kappa shape index (κ1) is 10.8. The molecule has 1 heterocycles. The van der Waals surface area contributed by atoms with Crippen molar-refractivity contribution in [3.63, 3.8) is 0 Å². The third-order valence-corrected chi connectivity index (χ3v) is 4.61. The van der Waals surface area contributed by atoms with Gasteiger partial charge in [0.2, 0.25) is 0 Å². The number of fused-ring (bicyclic) bond motifs is 1. The fourth-order valence-corrected chi connectivity index (χ4v) is 3.07. The summed E-state index contributed by atoms with van der Waals surface area (Å²) in [5.74, 6) is 0.791. The van der Waals surface area contributed by atoms with Gasteiger partial charge in [-0.3, -0.25) is 0 Å². The summed E-state index contributed by atoms with van der Waals surface area (Å²) in [4.78, 5) is 4.55. The number of hydrogen-bond acceptors (Lipinski definition) is 4. The lowest BCUT2D eigenvalue weighted by atomic mass is 10.1. The van der Waals surface area contributed by atoms with Crippen molar-refractivity contribution in [3.05, 3.63) is 18.2 Å². The first-order valence-corrected chi connectivity index (χ1v) is 6.76. The van der Waals surface area contributed by atoms with E-state index in [2.05, 4.69) is 24.1 Å². The van der Waals surface area contributed by atoms with Gasteiger partial charge in [0.05, 0.1) is 10.2 Å². The molecule has 1 unspecified atom stereocenters. The highest BCUT2D eigenvalue weighted by Gasteiger charge is 2.45. The molecule has 17 heavy (non-hydrogen) atoms. The van der Waals surface area contributed by atoms with E-state index in [0.717, 1.165) is 33.5 Å². The second kappa shape index (κ2) is 3.60. The maximum Gasteiger partial charge on any atom is 0.183 e. The predicted octanol–water partition coefficient (Wildman–Crippen LogP) is 3.34. The van der Waals surface area contributed by atoms with Crippen LogP contribution in [0.3, 0.4) is 0 Å². The molecule has 1 aliphatic carbocycles. The summed E-state index contributed by atoms with van der Waals surface area (Å²) in [5, 5.41) is 4.45. The highest BCUT2D eigenvalue weighted by molar-refractivity contribution is 7.22. The Bertz CT molecular complexity index is 559. The maximum atomic E-state index is 5.76. The van der Waals surface area contributed by atoms with Crippen LogP contribution in [0.15, 0.2) is 18.2 Å². The average molecular weight is 247 g/mol. The van der Waals surface area contributed by atoms with Gasteiger partial charge in [-0.05, 0) is 36.0 Å². The summed E-state index contributed by atoms with van der Waals surface area (Å²) in [6.45, 7) is 5.67. The third kappa shape index (κ3) is 2.09. The zero-order valence-corrected chi connectivity index (χ0v) is 11.0. The Hall–Kier alpha value is -1.29. The predicted molar refractivity (Wildman–Crippen MR) is 74.4 cm³/mol. The highest BCUT2D eigenvalue weighted by Crippen LogP contribution is 2.51. The number of nitrogens with zero attached hydrogens (tertiary/aromatic N) is 1. The molecule has 0 aliphatic heterocycles. The molecule has 1 fully saturated rings. The zero-order chi connectivity index (χ0) is 12.0. The summed E-state index contributed by atoms with van der Waals surface area (Å²) >= 11 is 1.68. The van der Waals surface area contributed by atoms with Gasteiger partial charge in [-0.15, -0.1) is 0 Å². The molecule has 0 radical (unpaired) electrons. The molecule has 1 aromatic heterocycles. The first-order valence-electron chi connectivity index (χ1n) is 5.94. The normalized spacial score (nSPS) is 21.6. The minimum atomic E-state index is 0.522. The van der Waals surface area contributed by atoms with Gasteiger partial charge in [0.25, 0.3) is 0 Å². The van der Waals surface area contributed by atoms with Crippen LogP contribution >= 0.6 is 11.3 Å². The quantitative estimate of drug-likeness (QED) is 0.818. The second-order valence-corrected chi connectivity index (χ2v) is 6.55. The van der Waals surface area contributed by atoms with E-state index in [4.69, 9.17) is 5.73 Å². The van der Waals surface area contributed by atoms with Crippen LogP contribution < -0.4 is 11.1 Å². The lowest BCUT2D eigenvalue weighted by molar-refractivity contribution is 0.573. The number of aromatic nitrogens is 1. The van der Waals surface area contributed by atoms with E-state index >= 15 is 0 Å².